The molecular formula is C18H17N3OS2. The number of nitrogen functional groups attached to an aromatic ring is 1. The van der Waals surface area contributed by atoms with Gasteiger partial charge in [-0.25, -0.2) is 0 Å². The molecule has 6 heteroatoms. The van der Waals surface area contributed by atoms with Crippen molar-refractivity contribution in [1.29, 1.82) is 0 Å². The normalized spacial score (nSPS) is 10.6. The van der Waals surface area contributed by atoms with Crippen molar-refractivity contribution in [3.8, 4) is 5.69 Å². The largest absolute Gasteiger partial charge is 0.383 e. The number of hydrogen-bond acceptors (Lipinski definition) is 4. The van der Waals surface area contributed by atoms with E-state index in [9.17, 15) is 4.79 Å². The number of nitrogens with one attached hydrogen (secondary N) is 1. The fraction of sp³-hybridized carbons (Fsp3) is 0.111. The van der Waals surface area contributed by atoms with Gasteiger partial charge in [0.15, 0.2) is 3.95 Å². The first-order valence-electron chi connectivity index (χ1n) is 7.42. The monoisotopic (exact) mass is 355 g/mol. The molecule has 1 aromatic heterocycles. The molecule has 0 saturated carbocycles. The summed E-state index contributed by atoms with van der Waals surface area (Å²) >= 11 is 6.66. The molecule has 0 fully saturated rings. The Hall–Kier alpha value is -2.44. The molecule has 122 valence electrons. The van der Waals surface area contributed by atoms with Gasteiger partial charge in [0.25, 0.3) is 5.91 Å². The highest BCUT2D eigenvalue weighted by atomic mass is 32.1. The summed E-state index contributed by atoms with van der Waals surface area (Å²) < 4.78 is 2.31. The van der Waals surface area contributed by atoms with Gasteiger partial charge in [-0.15, -0.1) is 0 Å². The van der Waals surface area contributed by atoms with E-state index in [1.54, 1.807) is 4.57 Å². The zero-order chi connectivity index (χ0) is 17.3. The molecule has 3 N–H and O–H groups in total. The van der Waals surface area contributed by atoms with Crippen LogP contribution in [0.4, 0.5) is 11.5 Å². The molecule has 0 saturated heterocycles. The molecule has 0 aliphatic carbocycles. The van der Waals surface area contributed by atoms with Gasteiger partial charge in [0.1, 0.15) is 10.7 Å². The van der Waals surface area contributed by atoms with Crippen molar-refractivity contribution in [2.24, 2.45) is 0 Å². The van der Waals surface area contributed by atoms with E-state index in [4.69, 9.17) is 18.0 Å². The topological polar surface area (TPSA) is 60.0 Å². The Balaban J connectivity index is 2.00. The summed E-state index contributed by atoms with van der Waals surface area (Å²) in [5.74, 6) is 0.115. The van der Waals surface area contributed by atoms with Gasteiger partial charge in [-0.3, -0.25) is 9.36 Å². The number of nitrogens with zero attached hydrogens (tertiary/aromatic N) is 1. The van der Waals surface area contributed by atoms with Crippen molar-refractivity contribution < 1.29 is 4.79 Å². The summed E-state index contributed by atoms with van der Waals surface area (Å²) in [6, 6.07) is 15.3. The van der Waals surface area contributed by atoms with Crippen LogP contribution < -0.4 is 11.1 Å². The number of amides is 1. The van der Waals surface area contributed by atoms with E-state index >= 15 is 0 Å². The Morgan fingerprint density at radius 3 is 2.54 bits per heavy atom. The van der Waals surface area contributed by atoms with Gasteiger partial charge >= 0.3 is 0 Å². The summed E-state index contributed by atoms with van der Waals surface area (Å²) in [4.78, 5) is 13.0. The van der Waals surface area contributed by atoms with Crippen molar-refractivity contribution in [3.63, 3.8) is 0 Å². The summed E-state index contributed by atoms with van der Waals surface area (Å²) in [6.45, 7) is 4.04. The summed E-state index contributed by atoms with van der Waals surface area (Å²) in [5.41, 5.74) is 10.1. The van der Waals surface area contributed by atoms with Crippen LogP contribution in [0.5, 0.6) is 0 Å². The minimum atomic E-state index is -0.252. The number of anilines is 2. The predicted molar refractivity (Wildman–Crippen MR) is 103 cm³/mol. The molecule has 0 bridgehead atoms. The Labute approximate surface area is 149 Å². The molecule has 0 aliphatic rings. The molecule has 0 radical (unpaired) electrons. The number of aromatic nitrogens is 1. The lowest BCUT2D eigenvalue weighted by molar-refractivity contribution is 0.103. The van der Waals surface area contributed by atoms with Gasteiger partial charge in [-0.05, 0) is 49.8 Å². The zero-order valence-corrected chi connectivity index (χ0v) is 15.0. The van der Waals surface area contributed by atoms with E-state index < -0.39 is 0 Å². The van der Waals surface area contributed by atoms with Crippen molar-refractivity contribution in [3.05, 3.63) is 68.5 Å². The predicted octanol–water partition coefficient (Wildman–Crippen LogP) is 4.72. The molecule has 1 heterocycles. The second kappa shape index (κ2) is 6.59. The number of carbonyl (C=O) groups is 1. The van der Waals surface area contributed by atoms with Crippen molar-refractivity contribution in [2.75, 3.05) is 11.1 Å². The maximum Gasteiger partial charge on any atom is 0.269 e. The fourth-order valence-corrected chi connectivity index (χ4v) is 3.79. The Bertz CT molecular complexity index is 958. The molecule has 0 unspecified atom stereocenters. The molecule has 0 aliphatic heterocycles. The van der Waals surface area contributed by atoms with Gasteiger partial charge in [-0.2, -0.15) is 0 Å². The first-order chi connectivity index (χ1) is 11.5. The zero-order valence-electron chi connectivity index (χ0n) is 13.4. The van der Waals surface area contributed by atoms with Crippen LogP contribution >= 0.6 is 23.6 Å². The van der Waals surface area contributed by atoms with Gasteiger partial charge in [0, 0.05) is 5.69 Å². The third kappa shape index (κ3) is 3.11. The number of para-hydroxylation sites is 1. The van der Waals surface area contributed by atoms with E-state index in [0.29, 0.717) is 14.6 Å². The third-order valence-electron chi connectivity index (χ3n) is 3.68. The Morgan fingerprint density at radius 2 is 1.88 bits per heavy atom. The number of hydrogen-bond donors (Lipinski definition) is 2. The quantitative estimate of drug-likeness (QED) is 0.668. The average molecular weight is 355 g/mol. The second-order valence-electron chi connectivity index (χ2n) is 5.53. The molecular weight excluding hydrogens is 338 g/mol. The van der Waals surface area contributed by atoms with Crippen LogP contribution in [-0.2, 0) is 0 Å². The van der Waals surface area contributed by atoms with Crippen molar-refractivity contribution in [1.82, 2.24) is 4.57 Å². The number of thiazole rings is 1. The Morgan fingerprint density at radius 1 is 1.17 bits per heavy atom. The highest BCUT2D eigenvalue weighted by Crippen LogP contribution is 2.29. The molecule has 0 atom stereocenters. The van der Waals surface area contributed by atoms with E-state index in [0.717, 1.165) is 16.9 Å². The molecule has 4 nitrogen and oxygen atoms in total. The van der Waals surface area contributed by atoms with E-state index in [1.807, 2.05) is 56.3 Å². The molecule has 3 rings (SSSR count). The maximum absolute atomic E-state index is 12.5. The molecule has 3 aromatic rings. The lowest BCUT2D eigenvalue weighted by atomic mass is 10.1. The van der Waals surface area contributed by atoms with Gasteiger partial charge in [0.2, 0.25) is 0 Å². The van der Waals surface area contributed by atoms with Crippen molar-refractivity contribution in [2.45, 2.75) is 13.8 Å². The Kier molecular flexibility index (Phi) is 4.51. The summed E-state index contributed by atoms with van der Waals surface area (Å²) in [6.07, 6.45) is 0. The number of carbonyl (C=O) groups excluding carboxylic acids is 1. The maximum atomic E-state index is 12.5. The van der Waals surface area contributed by atoms with Crippen LogP contribution in [0.15, 0.2) is 48.5 Å². The first-order valence-corrected chi connectivity index (χ1v) is 8.65. The standard InChI is InChI=1S/C18H17N3OS2/c1-11-8-9-14(12(2)10-11)21-16(19)15(24-18(21)23)17(22)20-13-6-4-3-5-7-13/h3-10H,19H2,1-2H3,(H,20,22). The number of benzene rings is 2. The minimum Gasteiger partial charge on any atom is -0.383 e. The van der Waals surface area contributed by atoms with E-state index in [-0.39, 0.29) is 5.91 Å². The van der Waals surface area contributed by atoms with Crippen LogP contribution in [0.1, 0.15) is 20.8 Å². The minimum absolute atomic E-state index is 0.252. The lowest BCUT2D eigenvalue weighted by Crippen LogP contribution is -2.13. The molecule has 0 spiro atoms. The van der Waals surface area contributed by atoms with Gasteiger partial charge < -0.3 is 11.1 Å². The lowest BCUT2D eigenvalue weighted by Gasteiger charge is -2.10. The van der Waals surface area contributed by atoms with E-state index in [2.05, 4.69) is 11.4 Å². The smallest absolute Gasteiger partial charge is 0.269 e. The second-order valence-corrected chi connectivity index (χ2v) is 7.17. The number of rotatable bonds is 3. The van der Waals surface area contributed by atoms with Crippen LogP contribution in [-0.4, -0.2) is 10.5 Å². The average Bonchev–Trinajstić information content (AvgIpc) is 2.84. The molecule has 2 aromatic carbocycles. The van der Waals surface area contributed by atoms with Crippen LogP contribution in [0.3, 0.4) is 0 Å². The first kappa shape index (κ1) is 16.4. The van der Waals surface area contributed by atoms with Crippen LogP contribution in [0.2, 0.25) is 0 Å². The van der Waals surface area contributed by atoms with Crippen LogP contribution in [0.25, 0.3) is 5.69 Å². The summed E-state index contributed by atoms with van der Waals surface area (Å²) in [5, 5.41) is 2.85. The van der Waals surface area contributed by atoms with Crippen molar-refractivity contribution >= 4 is 41.0 Å². The van der Waals surface area contributed by atoms with Gasteiger partial charge in [0.05, 0.1) is 5.69 Å². The molecule has 1 amide bonds. The highest BCUT2D eigenvalue weighted by molar-refractivity contribution is 7.73. The number of nitrogens with two attached hydrogens (primary N) is 1. The van der Waals surface area contributed by atoms with Crippen LogP contribution in [0, 0.1) is 17.8 Å². The number of aryl methyl sites for hydroxylation is 2. The third-order valence-corrected chi connectivity index (χ3v) is 5.06. The van der Waals surface area contributed by atoms with E-state index in [1.165, 1.54) is 16.9 Å². The highest BCUT2D eigenvalue weighted by Gasteiger charge is 2.19. The fourth-order valence-electron chi connectivity index (χ4n) is 2.54. The van der Waals surface area contributed by atoms with Gasteiger partial charge in [-0.1, -0.05) is 47.2 Å². The SMILES string of the molecule is Cc1ccc(-n2c(N)c(C(=O)Nc3ccccc3)sc2=S)c(C)c1. The summed E-state index contributed by atoms with van der Waals surface area (Å²) in [7, 11) is 0. The molecule has 24 heavy (non-hydrogen) atoms.